The Balaban J connectivity index is 2.80. The van der Waals surface area contributed by atoms with E-state index in [0.29, 0.717) is 5.56 Å². The van der Waals surface area contributed by atoms with E-state index in [1.54, 1.807) is 0 Å². The van der Waals surface area contributed by atoms with Crippen molar-refractivity contribution in [3.63, 3.8) is 0 Å². The topological polar surface area (TPSA) is 26.3 Å². The van der Waals surface area contributed by atoms with Gasteiger partial charge in [0.05, 0.1) is 12.7 Å². The quantitative estimate of drug-likeness (QED) is 0.744. The van der Waals surface area contributed by atoms with E-state index in [9.17, 15) is 4.79 Å². The van der Waals surface area contributed by atoms with E-state index in [1.807, 2.05) is 37.3 Å². The minimum Gasteiger partial charge on any atom is -0.465 e. The highest BCUT2D eigenvalue weighted by atomic mass is 79.9. The Bertz CT molecular complexity index is 561. The minimum absolute atomic E-state index is 0.302. The molecule has 0 aromatic heterocycles. The van der Waals surface area contributed by atoms with Gasteiger partial charge >= 0.3 is 5.97 Å². The summed E-state index contributed by atoms with van der Waals surface area (Å²) >= 11 is 3.47. The van der Waals surface area contributed by atoms with E-state index in [0.717, 1.165) is 20.8 Å². The molecule has 3 heteroatoms. The summed E-state index contributed by atoms with van der Waals surface area (Å²) in [6.07, 6.45) is 0. The average molecular weight is 279 g/mol. The molecule has 0 amide bonds. The molecule has 0 aliphatic rings. The van der Waals surface area contributed by atoms with Crippen molar-refractivity contribution in [1.29, 1.82) is 0 Å². The summed E-state index contributed by atoms with van der Waals surface area (Å²) in [5.41, 5.74) is 1.55. The van der Waals surface area contributed by atoms with Crippen LogP contribution in [-0.2, 0) is 4.74 Å². The van der Waals surface area contributed by atoms with Crippen LogP contribution in [-0.4, -0.2) is 13.1 Å². The second-order valence-corrected chi connectivity index (χ2v) is 4.42. The van der Waals surface area contributed by atoms with Gasteiger partial charge in [-0.25, -0.2) is 4.79 Å². The van der Waals surface area contributed by atoms with Gasteiger partial charge in [-0.3, -0.25) is 0 Å². The van der Waals surface area contributed by atoms with Crippen LogP contribution in [0, 0.1) is 6.92 Å². The van der Waals surface area contributed by atoms with Crippen LogP contribution in [0.5, 0.6) is 0 Å². The highest BCUT2D eigenvalue weighted by molar-refractivity contribution is 9.10. The third-order valence-electron chi connectivity index (χ3n) is 2.67. The third kappa shape index (κ3) is 1.71. The van der Waals surface area contributed by atoms with Crippen molar-refractivity contribution in [3.05, 3.63) is 45.9 Å². The largest absolute Gasteiger partial charge is 0.465 e. The molecular formula is C13H11BrO2. The van der Waals surface area contributed by atoms with Crippen LogP contribution >= 0.6 is 15.9 Å². The van der Waals surface area contributed by atoms with Gasteiger partial charge in [0.15, 0.2) is 0 Å². The fourth-order valence-electron chi connectivity index (χ4n) is 1.80. The second-order valence-electron chi connectivity index (χ2n) is 3.57. The number of methoxy groups -OCH3 is 1. The Kier molecular flexibility index (Phi) is 2.97. The Hall–Kier alpha value is -1.35. The van der Waals surface area contributed by atoms with Crippen LogP contribution in [0.2, 0.25) is 0 Å². The van der Waals surface area contributed by atoms with Gasteiger partial charge in [0.25, 0.3) is 0 Å². The van der Waals surface area contributed by atoms with Crippen molar-refractivity contribution < 1.29 is 9.53 Å². The maximum Gasteiger partial charge on any atom is 0.338 e. The Morgan fingerprint density at radius 2 is 1.88 bits per heavy atom. The predicted molar refractivity (Wildman–Crippen MR) is 67.7 cm³/mol. The third-order valence-corrected chi connectivity index (χ3v) is 3.32. The first-order valence-electron chi connectivity index (χ1n) is 4.91. The van der Waals surface area contributed by atoms with Gasteiger partial charge < -0.3 is 4.74 Å². The lowest BCUT2D eigenvalue weighted by molar-refractivity contribution is 0.0600. The van der Waals surface area contributed by atoms with E-state index < -0.39 is 0 Å². The van der Waals surface area contributed by atoms with Crippen molar-refractivity contribution in [2.24, 2.45) is 0 Å². The lowest BCUT2D eigenvalue weighted by Crippen LogP contribution is -2.04. The summed E-state index contributed by atoms with van der Waals surface area (Å²) in [6, 6.07) is 9.77. The fraction of sp³-hybridized carbons (Fsp3) is 0.154. The minimum atomic E-state index is -0.302. The van der Waals surface area contributed by atoms with E-state index in [2.05, 4.69) is 15.9 Å². The average Bonchev–Trinajstić information content (AvgIpc) is 2.33. The molecule has 0 heterocycles. The zero-order valence-corrected chi connectivity index (χ0v) is 10.7. The molecule has 0 N–H and O–H groups in total. The lowest BCUT2D eigenvalue weighted by atomic mass is 10.0. The van der Waals surface area contributed by atoms with Crippen LogP contribution in [0.25, 0.3) is 10.8 Å². The summed E-state index contributed by atoms with van der Waals surface area (Å²) in [4.78, 5) is 11.6. The second kappa shape index (κ2) is 4.26. The van der Waals surface area contributed by atoms with Gasteiger partial charge in [0.2, 0.25) is 0 Å². The van der Waals surface area contributed by atoms with E-state index in [1.165, 1.54) is 7.11 Å². The van der Waals surface area contributed by atoms with E-state index >= 15 is 0 Å². The molecule has 0 saturated carbocycles. The molecule has 0 fully saturated rings. The normalized spacial score (nSPS) is 10.4. The molecule has 2 aromatic rings. The molecule has 16 heavy (non-hydrogen) atoms. The van der Waals surface area contributed by atoms with Crippen molar-refractivity contribution in [3.8, 4) is 0 Å². The van der Waals surface area contributed by atoms with Crippen molar-refractivity contribution in [2.75, 3.05) is 7.11 Å². The molecular weight excluding hydrogens is 268 g/mol. The number of hydrogen-bond donors (Lipinski definition) is 0. The molecule has 2 rings (SSSR count). The number of carbonyl (C=O) groups excluding carboxylic acids is 1. The Labute approximate surface area is 102 Å². The number of fused-ring (bicyclic) bond motifs is 1. The number of hydrogen-bond acceptors (Lipinski definition) is 2. The lowest BCUT2D eigenvalue weighted by Gasteiger charge is -2.09. The van der Waals surface area contributed by atoms with E-state index in [-0.39, 0.29) is 5.97 Å². The zero-order chi connectivity index (χ0) is 11.7. The SMILES string of the molecule is COC(=O)c1cc(Br)c2ccccc2c1C. The number of ether oxygens (including phenoxy) is 1. The first-order chi connectivity index (χ1) is 7.65. The van der Waals surface area contributed by atoms with Gasteiger partial charge in [-0.2, -0.15) is 0 Å². The van der Waals surface area contributed by atoms with Crippen LogP contribution in [0.1, 0.15) is 15.9 Å². The fourth-order valence-corrected chi connectivity index (χ4v) is 2.37. The number of rotatable bonds is 1. The van der Waals surface area contributed by atoms with Gasteiger partial charge in [0.1, 0.15) is 0 Å². The van der Waals surface area contributed by atoms with Crippen LogP contribution in [0.3, 0.4) is 0 Å². The summed E-state index contributed by atoms with van der Waals surface area (Å²) < 4.78 is 5.67. The first kappa shape index (κ1) is 11.1. The van der Waals surface area contributed by atoms with Crippen molar-refractivity contribution in [1.82, 2.24) is 0 Å². The molecule has 0 radical (unpaired) electrons. The number of esters is 1. The van der Waals surface area contributed by atoms with Crippen molar-refractivity contribution in [2.45, 2.75) is 6.92 Å². The maximum absolute atomic E-state index is 11.6. The summed E-state index contributed by atoms with van der Waals surface area (Å²) in [5.74, 6) is -0.302. The molecule has 0 bridgehead atoms. The molecule has 0 spiro atoms. The number of carbonyl (C=O) groups is 1. The highest BCUT2D eigenvalue weighted by Crippen LogP contribution is 2.29. The zero-order valence-electron chi connectivity index (χ0n) is 9.08. The smallest absolute Gasteiger partial charge is 0.338 e. The molecule has 0 aliphatic heterocycles. The summed E-state index contributed by atoms with van der Waals surface area (Å²) in [5, 5.41) is 2.17. The van der Waals surface area contributed by atoms with Crippen LogP contribution in [0.15, 0.2) is 34.8 Å². The summed E-state index contributed by atoms with van der Waals surface area (Å²) in [6.45, 7) is 1.93. The van der Waals surface area contributed by atoms with Gasteiger partial charge in [-0.15, -0.1) is 0 Å². The molecule has 0 saturated heterocycles. The molecule has 2 nitrogen and oxygen atoms in total. The Morgan fingerprint density at radius 3 is 2.50 bits per heavy atom. The standard InChI is InChI=1S/C13H11BrO2/c1-8-9-5-3-4-6-10(9)12(14)7-11(8)13(15)16-2/h3-7H,1-2H3. The van der Waals surface area contributed by atoms with Gasteiger partial charge in [-0.05, 0) is 29.3 Å². The molecule has 0 unspecified atom stereocenters. The van der Waals surface area contributed by atoms with Crippen LogP contribution < -0.4 is 0 Å². The molecule has 0 aliphatic carbocycles. The number of halogens is 1. The summed E-state index contributed by atoms with van der Waals surface area (Å²) in [7, 11) is 1.39. The van der Waals surface area contributed by atoms with Gasteiger partial charge in [-0.1, -0.05) is 40.2 Å². The number of benzene rings is 2. The monoisotopic (exact) mass is 278 g/mol. The van der Waals surface area contributed by atoms with Crippen molar-refractivity contribution >= 4 is 32.7 Å². The number of aryl methyl sites for hydroxylation is 1. The maximum atomic E-state index is 11.6. The van der Waals surface area contributed by atoms with Gasteiger partial charge in [0, 0.05) is 4.47 Å². The molecule has 82 valence electrons. The Morgan fingerprint density at radius 1 is 1.25 bits per heavy atom. The highest BCUT2D eigenvalue weighted by Gasteiger charge is 2.13. The van der Waals surface area contributed by atoms with Crippen LogP contribution in [0.4, 0.5) is 0 Å². The first-order valence-corrected chi connectivity index (χ1v) is 5.70. The van der Waals surface area contributed by atoms with E-state index in [4.69, 9.17) is 4.74 Å². The molecule has 0 atom stereocenters. The molecule has 2 aromatic carbocycles. The predicted octanol–water partition coefficient (Wildman–Crippen LogP) is 3.70.